The van der Waals surface area contributed by atoms with Crippen molar-refractivity contribution >= 4 is 163 Å². The van der Waals surface area contributed by atoms with Gasteiger partial charge in [-0.2, -0.15) is 10.2 Å². The molecule has 24 aromatic rings. The van der Waals surface area contributed by atoms with Gasteiger partial charge in [-0.05, 0) is 129 Å². The first-order valence-electron chi connectivity index (χ1n) is 35.8. The normalized spacial score (nSPS) is 12.3. The molecule has 0 saturated heterocycles. The van der Waals surface area contributed by atoms with Crippen LogP contribution in [0.1, 0.15) is 5.56 Å². The predicted molar refractivity (Wildman–Crippen MR) is 435 cm³/mol. The molecule has 0 aliphatic heterocycles. The summed E-state index contributed by atoms with van der Waals surface area (Å²) in [5.74, 6) is 0.507. The number of hydrogen-bond donors (Lipinski definition) is 0. The minimum absolute atomic E-state index is 0.507. The second kappa shape index (κ2) is 21.2. The van der Waals surface area contributed by atoms with Crippen LogP contribution in [-0.2, 0) is 0 Å². The van der Waals surface area contributed by atoms with Crippen LogP contribution in [0.5, 0.6) is 0 Å². The van der Waals surface area contributed by atoms with Gasteiger partial charge >= 0.3 is 0 Å². The lowest BCUT2D eigenvalue weighted by atomic mass is 9.98. The number of pyridine rings is 1. The van der Waals surface area contributed by atoms with Crippen LogP contribution in [0.4, 0.5) is 0 Å². The molecular formula is C96H52N10. The molecule has 0 radical (unpaired) electrons. The quantitative estimate of drug-likeness (QED) is 0.157. The Morgan fingerprint density at radius 1 is 0.264 bits per heavy atom. The molecule has 0 spiro atoms. The number of nitriles is 1. The third-order valence-corrected chi connectivity index (χ3v) is 22.7. The van der Waals surface area contributed by atoms with E-state index in [2.05, 4.69) is 285 Å². The summed E-state index contributed by atoms with van der Waals surface area (Å²) in [6, 6.07) is 113. The second-order valence-corrected chi connectivity index (χ2v) is 28.1. The molecule has 0 bridgehead atoms. The molecule has 9 aromatic heterocycles. The van der Waals surface area contributed by atoms with Gasteiger partial charge in [-0.15, -0.1) is 0 Å². The second-order valence-electron chi connectivity index (χ2n) is 28.1. The van der Waals surface area contributed by atoms with Crippen molar-refractivity contribution in [2.24, 2.45) is 0 Å². The van der Waals surface area contributed by atoms with Crippen molar-refractivity contribution < 1.29 is 0 Å². The maximum Gasteiger partial charge on any atom is 0.237 e. The van der Waals surface area contributed by atoms with Gasteiger partial charge in [0.15, 0.2) is 5.65 Å². The molecule has 0 aliphatic rings. The van der Waals surface area contributed by atoms with Crippen LogP contribution in [-0.4, -0.2) is 42.9 Å². The van der Waals surface area contributed by atoms with Crippen molar-refractivity contribution in [3.8, 4) is 73.7 Å². The van der Waals surface area contributed by atoms with Crippen molar-refractivity contribution in [3.05, 3.63) is 321 Å². The van der Waals surface area contributed by atoms with Crippen LogP contribution in [0.25, 0.3) is 231 Å². The Morgan fingerprint density at radius 2 is 0.726 bits per heavy atom. The number of benzene rings is 15. The van der Waals surface area contributed by atoms with E-state index in [-0.39, 0.29) is 0 Å². The molecule has 10 nitrogen and oxygen atoms in total. The SMILES string of the molecule is N#Cc1ccc(-c2nc(-n3c4ccccc4c4cc5c6ccccc6n6c7ccc8ccccc8c7c(c43)c56)nc3ncc(-c4ccc5c6cc7c8ccccc8n(-c8ccc(-c9nc%10ccccc%10nc9-c9ccc(-c%10ccccc%10)cc9)cc8)c7c7c8c9ccccc9ccc8n(c5c4)c67)cc23)cc1. The van der Waals surface area contributed by atoms with E-state index in [0.29, 0.717) is 22.9 Å². The fraction of sp³-hybridized carbons (Fsp3) is 0. The van der Waals surface area contributed by atoms with E-state index in [9.17, 15) is 5.26 Å². The molecule has 0 N–H and O–H groups in total. The minimum atomic E-state index is 0.507. The molecule has 15 aromatic carbocycles. The zero-order chi connectivity index (χ0) is 69.1. The third-order valence-electron chi connectivity index (χ3n) is 22.7. The summed E-state index contributed by atoms with van der Waals surface area (Å²) in [6.07, 6.45) is 1.98. The summed E-state index contributed by atoms with van der Waals surface area (Å²) in [7, 11) is 0. The Balaban J connectivity index is 0.705. The van der Waals surface area contributed by atoms with E-state index >= 15 is 0 Å². The van der Waals surface area contributed by atoms with Crippen LogP contribution in [0.2, 0.25) is 0 Å². The van der Waals surface area contributed by atoms with Crippen molar-refractivity contribution in [1.82, 2.24) is 42.9 Å². The van der Waals surface area contributed by atoms with Gasteiger partial charge in [0.05, 0.1) is 94.9 Å². The Kier molecular flexibility index (Phi) is 11.4. The first-order valence-corrected chi connectivity index (χ1v) is 35.8. The molecular weight excluding hydrogens is 1290 g/mol. The van der Waals surface area contributed by atoms with Gasteiger partial charge in [-0.1, -0.05) is 218 Å². The number of nitrogens with zero attached hydrogens (tertiary/aromatic N) is 10. The van der Waals surface area contributed by atoms with Crippen LogP contribution < -0.4 is 0 Å². The number of fused-ring (bicyclic) bond motifs is 26. The molecule has 0 fully saturated rings. The van der Waals surface area contributed by atoms with E-state index in [4.69, 9.17) is 24.9 Å². The van der Waals surface area contributed by atoms with Crippen molar-refractivity contribution in [3.63, 3.8) is 0 Å². The average Bonchev–Trinajstić information content (AvgIpc) is 1.52. The minimum Gasteiger partial charge on any atom is -0.309 e. The molecule has 106 heavy (non-hydrogen) atoms. The number of para-hydroxylation sites is 5. The van der Waals surface area contributed by atoms with Gasteiger partial charge in [0.25, 0.3) is 0 Å². The largest absolute Gasteiger partial charge is 0.309 e. The Bertz CT molecular complexity index is 7990. The summed E-state index contributed by atoms with van der Waals surface area (Å²) >= 11 is 0. The Morgan fingerprint density at radius 3 is 1.35 bits per heavy atom. The maximum absolute atomic E-state index is 10.1. The molecule has 0 saturated carbocycles. The fourth-order valence-electron chi connectivity index (χ4n) is 18.0. The van der Waals surface area contributed by atoms with E-state index < -0.39 is 0 Å². The van der Waals surface area contributed by atoms with Crippen LogP contribution in [0, 0.1) is 11.3 Å². The average molecular weight is 1350 g/mol. The Hall–Kier alpha value is -14.7. The van der Waals surface area contributed by atoms with E-state index in [1.807, 2.05) is 54.7 Å². The highest BCUT2D eigenvalue weighted by molar-refractivity contribution is 6.39. The van der Waals surface area contributed by atoms with Gasteiger partial charge in [0.1, 0.15) is 0 Å². The zero-order valence-electron chi connectivity index (χ0n) is 56.5. The molecule has 9 heterocycles. The summed E-state index contributed by atoms with van der Waals surface area (Å²) < 4.78 is 9.74. The number of hydrogen-bond acceptors (Lipinski definition) is 6. The first kappa shape index (κ1) is 57.0. The highest BCUT2D eigenvalue weighted by atomic mass is 15.2. The lowest BCUT2D eigenvalue weighted by Crippen LogP contribution is -2.04. The molecule has 0 atom stereocenters. The topological polar surface area (TPSA) is 107 Å². The van der Waals surface area contributed by atoms with Crippen LogP contribution in [0.3, 0.4) is 0 Å². The molecule has 0 amide bonds. The van der Waals surface area contributed by atoms with E-state index in [0.717, 1.165) is 127 Å². The van der Waals surface area contributed by atoms with E-state index in [1.165, 1.54) is 86.7 Å². The van der Waals surface area contributed by atoms with Crippen LogP contribution >= 0.6 is 0 Å². The van der Waals surface area contributed by atoms with Gasteiger partial charge in [0, 0.05) is 104 Å². The molecule has 10 heteroatoms. The first-order chi connectivity index (χ1) is 52.5. The smallest absolute Gasteiger partial charge is 0.237 e. The standard InChI is InChI=1S/C96H52N10/c97-52-54-30-32-59(33-31-54)88-75-48-63(53-98-95(75)102-96(101-88)106-80-29-15-10-24-69(80)73-51-72-68-23-9-14-28-79(68)104-81-46-41-57-18-4-6-20-65(57)84(81)87(92(72)104)94(73)106)62-40-45-70-74-50-71-67-22-8-13-27-78(67)103(91(71)86-85-66-21-7-5-19-58(66)42-47-82(85)105(93(74)86)83(70)49-62)64-43-38-61(39-44-64)90-89(99-76-25-11-12-26-77(76)100-90)60-36-34-56(35-37-60)55-16-2-1-3-17-55/h1-51,53H. The van der Waals surface area contributed by atoms with Gasteiger partial charge < -0.3 is 13.4 Å². The van der Waals surface area contributed by atoms with Gasteiger partial charge in [-0.25, -0.2) is 19.9 Å². The van der Waals surface area contributed by atoms with Crippen LogP contribution in [0.15, 0.2) is 316 Å². The van der Waals surface area contributed by atoms with Crippen molar-refractivity contribution in [2.45, 2.75) is 0 Å². The van der Waals surface area contributed by atoms with Crippen molar-refractivity contribution in [2.75, 3.05) is 0 Å². The molecule has 24 rings (SSSR count). The predicted octanol–water partition coefficient (Wildman–Crippen LogP) is 24.0. The molecule has 0 aliphatic carbocycles. The summed E-state index contributed by atoms with van der Waals surface area (Å²) in [4.78, 5) is 27.4. The Labute approximate surface area is 602 Å². The lowest BCUT2D eigenvalue weighted by Gasteiger charge is -2.13. The fourth-order valence-corrected chi connectivity index (χ4v) is 18.0. The summed E-state index contributed by atoms with van der Waals surface area (Å²) in [5.41, 5.74) is 24.5. The molecule has 486 valence electrons. The number of aromatic nitrogens is 9. The van der Waals surface area contributed by atoms with Crippen molar-refractivity contribution in [1.29, 1.82) is 5.26 Å². The lowest BCUT2D eigenvalue weighted by molar-refractivity contribution is 1.01. The highest BCUT2D eigenvalue weighted by Gasteiger charge is 2.30. The summed E-state index contributed by atoms with van der Waals surface area (Å²) in [5, 5.41) is 29.8. The maximum atomic E-state index is 10.1. The van der Waals surface area contributed by atoms with E-state index in [1.54, 1.807) is 0 Å². The summed E-state index contributed by atoms with van der Waals surface area (Å²) in [6.45, 7) is 0. The number of rotatable bonds is 7. The monoisotopic (exact) mass is 1340 g/mol. The highest BCUT2D eigenvalue weighted by Crippen LogP contribution is 2.52. The van der Waals surface area contributed by atoms with Gasteiger partial charge in [0.2, 0.25) is 5.95 Å². The van der Waals surface area contributed by atoms with Gasteiger partial charge in [-0.3, -0.25) is 4.57 Å². The molecule has 0 unspecified atom stereocenters. The zero-order valence-corrected chi connectivity index (χ0v) is 56.5. The third kappa shape index (κ3) is 7.78.